The summed E-state index contributed by atoms with van der Waals surface area (Å²) in [7, 11) is 0. The van der Waals surface area contributed by atoms with Crippen LogP contribution in [-0.4, -0.2) is 6.04 Å². The zero-order valence-corrected chi connectivity index (χ0v) is 10.4. The normalized spacial score (nSPS) is 14.2. The summed E-state index contributed by atoms with van der Waals surface area (Å²) >= 11 is 3.51. The lowest BCUT2D eigenvalue weighted by Crippen LogP contribution is -2.15. The molecule has 0 radical (unpaired) electrons. The molecule has 1 aromatic rings. The molecular formula is C12H16BrN. The molecule has 76 valence electrons. The van der Waals surface area contributed by atoms with Crippen LogP contribution in [0.5, 0.6) is 0 Å². The van der Waals surface area contributed by atoms with Crippen molar-refractivity contribution in [2.45, 2.75) is 26.8 Å². The molecule has 0 aliphatic heterocycles. The van der Waals surface area contributed by atoms with Gasteiger partial charge in [0.15, 0.2) is 0 Å². The summed E-state index contributed by atoms with van der Waals surface area (Å²) in [5.41, 5.74) is 9.41. The molecule has 0 aliphatic rings. The Morgan fingerprint density at radius 2 is 2.14 bits per heavy atom. The predicted octanol–water partition coefficient (Wildman–Crippen LogP) is 3.51. The number of aryl methyl sites for hydroxylation is 1. The maximum atomic E-state index is 5.77. The van der Waals surface area contributed by atoms with E-state index < -0.39 is 0 Å². The monoisotopic (exact) mass is 253 g/mol. The Morgan fingerprint density at radius 3 is 2.64 bits per heavy atom. The third-order valence-electron chi connectivity index (χ3n) is 2.31. The lowest BCUT2D eigenvalue weighted by Gasteiger charge is -2.06. The van der Waals surface area contributed by atoms with Gasteiger partial charge >= 0.3 is 0 Å². The van der Waals surface area contributed by atoms with E-state index in [-0.39, 0.29) is 6.04 Å². The van der Waals surface area contributed by atoms with Crippen LogP contribution >= 0.6 is 15.9 Å². The van der Waals surface area contributed by atoms with Crippen molar-refractivity contribution in [1.29, 1.82) is 0 Å². The van der Waals surface area contributed by atoms with Gasteiger partial charge in [0.2, 0.25) is 0 Å². The predicted molar refractivity (Wildman–Crippen MR) is 66.2 cm³/mol. The molecule has 0 aliphatic carbocycles. The molecule has 1 rings (SSSR count). The van der Waals surface area contributed by atoms with E-state index >= 15 is 0 Å². The van der Waals surface area contributed by atoms with Crippen molar-refractivity contribution in [3.8, 4) is 0 Å². The summed E-state index contributed by atoms with van der Waals surface area (Å²) in [6.45, 7) is 6.13. The average Bonchev–Trinajstić information content (AvgIpc) is 2.11. The molecule has 0 heterocycles. The SMILES string of the molecule is C/C(=C\c1ccc(C)c(Br)c1)C(C)N. The van der Waals surface area contributed by atoms with Gasteiger partial charge in [-0.3, -0.25) is 0 Å². The Kier molecular flexibility index (Phi) is 3.90. The number of rotatable bonds is 2. The molecule has 1 unspecified atom stereocenters. The summed E-state index contributed by atoms with van der Waals surface area (Å²) in [5.74, 6) is 0. The quantitative estimate of drug-likeness (QED) is 0.858. The van der Waals surface area contributed by atoms with Gasteiger partial charge in [-0.05, 0) is 38.0 Å². The van der Waals surface area contributed by atoms with Crippen molar-refractivity contribution < 1.29 is 0 Å². The van der Waals surface area contributed by atoms with E-state index in [0.717, 1.165) is 4.47 Å². The molecule has 0 aromatic heterocycles. The highest BCUT2D eigenvalue weighted by molar-refractivity contribution is 9.10. The topological polar surface area (TPSA) is 26.0 Å². The molecule has 0 bridgehead atoms. The lowest BCUT2D eigenvalue weighted by molar-refractivity contribution is 0.868. The number of hydrogen-bond donors (Lipinski definition) is 1. The van der Waals surface area contributed by atoms with Crippen molar-refractivity contribution >= 4 is 22.0 Å². The number of hydrogen-bond acceptors (Lipinski definition) is 1. The Bertz CT molecular complexity index is 353. The van der Waals surface area contributed by atoms with Crippen LogP contribution in [0, 0.1) is 6.92 Å². The first kappa shape index (κ1) is 11.5. The highest BCUT2D eigenvalue weighted by Crippen LogP contribution is 2.19. The fourth-order valence-electron chi connectivity index (χ4n) is 1.09. The maximum Gasteiger partial charge on any atom is 0.0225 e. The molecule has 1 nitrogen and oxygen atoms in total. The van der Waals surface area contributed by atoms with Crippen molar-refractivity contribution in [3.63, 3.8) is 0 Å². The largest absolute Gasteiger partial charge is 0.324 e. The van der Waals surface area contributed by atoms with Crippen LogP contribution in [0.2, 0.25) is 0 Å². The molecule has 0 amide bonds. The summed E-state index contributed by atoms with van der Waals surface area (Å²) in [4.78, 5) is 0. The van der Waals surface area contributed by atoms with Crippen LogP contribution in [0.25, 0.3) is 6.08 Å². The molecular weight excluding hydrogens is 238 g/mol. The Balaban J connectivity index is 2.98. The molecule has 0 saturated carbocycles. The fraction of sp³-hybridized carbons (Fsp3) is 0.333. The van der Waals surface area contributed by atoms with Gasteiger partial charge in [-0.1, -0.05) is 39.7 Å². The van der Waals surface area contributed by atoms with Gasteiger partial charge in [-0.25, -0.2) is 0 Å². The van der Waals surface area contributed by atoms with Crippen LogP contribution in [0.15, 0.2) is 28.2 Å². The van der Waals surface area contributed by atoms with E-state index in [0.29, 0.717) is 0 Å². The van der Waals surface area contributed by atoms with Gasteiger partial charge in [-0.2, -0.15) is 0 Å². The van der Waals surface area contributed by atoms with Crippen molar-refractivity contribution in [2.75, 3.05) is 0 Å². The summed E-state index contributed by atoms with van der Waals surface area (Å²) in [6.07, 6.45) is 2.12. The lowest BCUT2D eigenvalue weighted by atomic mass is 10.1. The minimum absolute atomic E-state index is 0.120. The minimum atomic E-state index is 0.120. The molecule has 0 fully saturated rings. The summed E-state index contributed by atoms with van der Waals surface area (Å²) < 4.78 is 1.14. The zero-order chi connectivity index (χ0) is 10.7. The first-order chi connectivity index (χ1) is 6.50. The van der Waals surface area contributed by atoms with Gasteiger partial charge < -0.3 is 5.73 Å². The van der Waals surface area contributed by atoms with Crippen molar-refractivity contribution in [2.24, 2.45) is 5.73 Å². The smallest absolute Gasteiger partial charge is 0.0225 e. The Labute approximate surface area is 94.1 Å². The Hall–Kier alpha value is -0.600. The van der Waals surface area contributed by atoms with E-state index in [2.05, 4.69) is 54.1 Å². The Morgan fingerprint density at radius 1 is 1.50 bits per heavy atom. The van der Waals surface area contributed by atoms with Gasteiger partial charge in [0.25, 0.3) is 0 Å². The number of nitrogens with two attached hydrogens (primary N) is 1. The molecule has 2 heteroatoms. The molecule has 1 aromatic carbocycles. The number of halogens is 1. The van der Waals surface area contributed by atoms with E-state index in [4.69, 9.17) is 5.73 Å². The second kappa shape index (κ2) is 4.76. The van der Waals surface area contributed by atoms with Crippen LogP contribution < -0.4 is 5.73 Å². The molecule has 0 spiro atoms. The third-order valence-corrected chi connectivity index (χ3v) is 3.16. The van der Waals surface area contributed by atoms with Gasteiger partial charge in [0, 0.05) is 10.5 Å². The second-order valence-electron chi connectivity index (χ2n) is 3.69. The first-order valence-electron chi connectivity index (χ1n) is 4.70. The van der Waals surface area contributed by atoms with E-state index in [1.807, 2.05) is 6.92 Å². The van der Waals surface area contributed by atoms with Crippen LogP contribution in [-0.2, 0) is 0 Å². The number of benzene rings is 1. The molecule has 1 atom stereocenters. The van der Waals surface area contributed by atoms with Crippen molar-refractivity contribution in [3.05, 3.63) is 39.4 Å². The first-order valence-corrected chi connectivity index (χ1v) is 5.50. The van der Waals surface area contributed by atoms with Crippen LogP contribution in [0.3, 0.4) is 0 Å². The second-order valence-corrected chi connectivity index (χ2v) is 4.54. The fourth-order valence-corrected chi connectivity index (χ4v) is 1.49. The third kappa shape index (κ3) is 2.96. The molecule has 2 N–H and O–H groups in total. The van der Waals surface area contributed by atoms with Crippen LogP contribution in [0.1, 0.15) is 25.0 Å². The zero-order valence-electron chi connectivity index (χ0n) is 8.84. The van der Waals surface area contributed by atoms with E-state index in [1.165, 1.54) is 16.7 Å². The van der Waals surface area contributed by atoms with Gasteiger partial charge in [0.05, 0.1) is 0 Å². The van der Waals surface area contributed by atoms with Gasteiger partial charge in [-0.15, -0.1) is 0 Å². The van der Waals surface area contributed by atoms with E-state index in [9.17, 15) is 0 Å². The maximum absolute atomic E-state index is 5.77. The highest BCUT2D eigenvalue weighted by Gasteiger charge is 1.98. The standard InChI is InChI=1S/C12H16BrN/c1-8-4-5-11(7-12(8)13)6-9(2)10(3)14/h4-7,10H,14H2,1-3H3/b9-6+. The molecule has 0 saturated heterocycles. The summed E-state index contributed by atoms with van der Waals surface area (Å²) in [6, 6.07) is 6.44. The van der Waals surface area contributed by atoms with E-state index in [1.54, 1.807) is 0 Å². The minimum Gasteiger partial charge on any atom is -0.324 e. The molecule has 14 heavy (non-hydrogen) atoms. The highest BCUT2D eigenvalue weighted by atomic mass is 79.9. The van der Waals surface area contributed by atoms with Gasteiger partial charge in [0.1, 0.15) is 0 Å². The van der Waals surface area contributed by atoms with Crippen molar-refractivity contribution in [1.82, 2.24) is 0 Å². The summed E-state index contributed by atoms with van der Waals surface area (Å²) in [5, 5.41) is 0. The average molecular weight is 254 g/mol. The van der Waals surface area contributed by atoms with Crippen LogP contribution in [0.4, 0.5) is 0 Å².